The number of nitrogen functional groups attached to an aromatic ring is 1. The first-order chi connectivity index (χ1) is 11.3. The number of imidazole rings is 1. The summed E-state index contributed by atoms with van der Waals surface area (Å²) in [6.45, 7) is 0.683. The smallest absolute Gasteiger partial charge is 0.382 e. The monoisotopic (exact) mass is 340 g/mol. The molecule has 3 N–H and O–H groups in total. The van der Waals surface area contributed by atoms with Crippen molar-refractivity contribution in [1.82, 2.24) is 24.8 Å². The van der Waals surface area contributed by atoms with E-state index in [0.717, 1.165) is 6.20 Å². The molecule has 2 aromatic rings. The summed E-state index contributed by atoms with van der Waals surface area (Å²) in [5, 5.41) is 2.70. The highest BCUT2D eigenvalue weighted by Gasteiger charge is 2.35. The zero-order chi connectivity index (χ0) is 17.3. The average Bonchev–Trinajstić information content (AvgIpc) is 2.96. The van der Waals surface area contributed by atoms with E-state index in [4.69, 9.17) is 5.73 Å². The van der Waals surface area contributed by atoms with Crippen molar-refractivity contribution in [2.24, 2.45) is 5.92 Å². The second-order valence-electron chi connectivity index (χ2n) is 5.60. The highest BCUT2D eigenvalue weighted by Crippen LogP contribution is 2.30. The Balaban J connectivity index is 1.61. The Bertz CT molecular complexity index is 757. The van der Waals surface area contributed by atoms with Gasteiger partial charge < -0.3 is 15.6 Å². The van der Waals surface area contributed by atoms with Crippen LogP contribution in [0.4, 0.5) is 19.0 Å². The summed E-state index contributed by atoms with van der Waals surface area (Å²) in [6.07, 6.45) is 0.393. The van der Waals surface area contributed by atoms with Gasteiger partial charge in [0, 0.05) is 38.1 Å². The second-order valence-corrected chi connectivity index (χ2v) is 5.60. The number of rotatable bonds is 3. The normalized spacial score (nSPS) is 17.4. The van der Waals surface area contributed by atoms with Crippen LogP contribution in [-0.4, -0.2) is 32.0 Å². The third-order valence-corrected chi connectivity index (χ3v) is 3.87. The van der Waals surface area contributed by atoms with E-state index >= 15 is 0 Å². The molecule has 2 aromatic heterocycles. The van der Waals surface area contributed by atoms with Crippen LogP contribution in [-0.2, 0) is 19.1 Å². The molecular formula is C14H15F3N6O. The zero-order valence-electron chi connectivity index (χ0n) is 12.5. The molecule has 3 heterocycles. The standard InChI is InChI=1S/C14H15F3N6O/c15-14(16,17)9-7-23-6-8(1-2-10(23)22-9)5-21-13(24)11-12(18)20-4-3-19-11/h3-4,7-8H,1-2,5-6H2,(H2,18,20)(H,21,24). The van der Waals surface area contributed by atoms with Crippen LogP contribution in [0.15, 0.2) is 18.6 Å². The lowest BCUT2D eigenvalue weighted by Crippen LogP contribution is -2.34. The number of amides is 1. The summed E-state index contributed by atoms with van der Waals surface area (Å²) in [7, 11) is 0. The molecule has 24 heavy (non-hydrogen) atoms. The first kappa shape index (κ1) is 16.2. The Morgan fingerprint density at radius 1 is 1.38 bits per heavy atom. The van der Waals surface area contributed by atoms with Gasteiger partial charge in [0.05, 0.1) is 0 Å². The molecule has 0 radical (unpaired) electrons. The predicted octanol–water partition coefficient (Wildman–Crippen LogP) is 1.27. The SMILES string of the molecule is Nc1nccnc1C(=O)NCC1CCc2nc(C(F)(F)F)cn2C1. The number of nitrogens with two attached hydrogens (primary N) is 1. The first-order valence-electron chi connectivity index (χ1n) is 7.32. The summed E-state index contributed by atoms with van der Waals surface area (Å²) in [4.78, 5) is 23.3. The van der Waals surface area contributed by atoms with E-state index in [1.54, 1.807) is 0 Å². The average molecular weight is 340 g/mol. The molecule has 3 rings (SSSR count). The number of hydrogen-bond donors (Lipinski definition) is 2. The molecule has 7 nitrogen and oxygen atoms in total. The maximum Gasteiger partial charge on any atom is 0.434 e. The molecule has 1 atom stereocenters. The Kier molecular flexibility index (Phi) is 4.12. The van der Waals surface area contributed by atoms with Gasteiger partial charge in [-0.25, -0.2) is 15.0 Å². The molecule has 0 aliphatic carbocycles. The van der Waals surface area contributed by atoms with Gasteiger partial charge in [-0.05, 0) is 12.3 Å². The third kappa shape index (κ3) is 3.31. The van der Waals surface area contributed by atoms with E-state index in [1.165, 1.54) is 17.0 Å². The van der Waals surface area contributed by atoms with E-state index in [1.807, 2.05) is 0 Å². The van der Waals surface area contributed by atoms with Crippen molar-refractivity contribution >= 4 is 11.7 Å². The van der Waals surface area contributed by atoms with Gasteiger partial charge in [-0.15, -0.1) is 0 Å². The Hall–Kier alpha value is -2.65. The molecule has 0 aromatic carbocycles. The van der Waals surface area contributed by atoms with E-state index in [0.29, 0.717) is 31.8 Å². The van der Waals surface area contributed by atoms with Crippen molar-refractivity contribution in [2.45, 2.75) is 25.6 Å². The topological polar surface area (TPSA) is 98.7 Å². The van der Waals surface area contributed by atoms with Crippen molar-refractivity contribution in [3.8, 4) is 0 Å². The van der Waals surface area contributed by atoms with Crippen molar-refractivity contribution in [1.29, 1.82) is 0 Å². The van der Waals surface area contributed by atoms with Crippen LogP contribution < -0.4 is 11.1 Å². The number of aryl methyl sites for hydroxylation is 1. The fourth-order valence-corrected chi connectivity index (χ4v) is 2.66. The van der Waals surface area contributed by atoms with E-state index in [-0.39, 0.29) is 17.4 Å². The lowest BCUT2D eigenvalue weighted by Gasteiger charge is -2.23. The Morgan fingerprint density at radius 2 is 2.12 bits per heavy atom. The quantitative estimate of drug-likeness (QED) is 0.877. The van der Waals surface area contributed by atoms with Crippen LogP contribution >= 0.6 is 0 Å². The molecule has 0 saturated heterocycles. The number of anilines is 1. The number of alkyl halides is 3. The number of aromatic nitrogens is 4. The van der Waals surface area contributed by atoms with Gasteiger partial charge in [0.25, 0.3) is 5.91 Å². The van der Waals surface area contributed by atoms with Gasteiger partial charge in [-0.2, -0.15) is 13.2 Å². The van der Waals surface area contributed by atoms with Gasteiger partial charge in [0.1, 0.15) is 5.82 Å². The fourth-order valence-electron chi connectivity index (χ4n) is 2.66. The van der Waals surface area contributed by atoms with Gasteiger partial charge in [0.2, 0.25) is 0 Å². The highest BCUT2D eigenvalue weighted by molar-refractivity contribution is 5.96. The molecule has 1 aliphatic rings. The molecule has 1 unspecified atom stereocenters. The molecule has 0 spiro atoms. The predicted molar refractivity (Wildman–Crippen MR) is 77.8 cm³/mol. The first-order valence-corrected chi connectivity index (χ1v) is 7.32. The number of halogens is 3. The van der Waals surface area contributed by atoms with Crippen molar-refractivity contribution in [2.75, 3.05) is 12.3 Å². The Morgan fingerprint density at radius 3 is 2.83 bits per heavy atom. The van der Waals surface area contributed by atoms with Crippen LogP contribution in [0.25, 0.3) is 0 Å². The number of carbonyl (C=O) groups excluding carboxylic acids is 1. The molecule has 128 valence electrons. The lowest BCUT2D eigenvalue weighted by atomic mass is 9.99. The minimum absolute atomic E-state index is 0.00892. The van der Waals surface area contributed by atoms with Crippen molar-refractivity contribution in [3.63, 3.8) is 0 Å². The largest absolute Gasteiger partial charge is 0.434 e. The summed E-state index contributed by atoms with van der Waals surface area (Å²) in [5.74, 6) is 0.0102. The van der Waals surface area contributed by atoms with E-state index in [2.05, 4.69) is 20.3 Å². The summed E-state index contributed by atoms with van der Waals surface area (Å²) in [6, 6.07) is 0. The third-order valence-electron chi connectivity index (χ3n) is 3.87. The van der Waals surface area contributed by atoms with Gasteiger partial charge >= 0.3 is 6.18 Å². The summed E-state index contributed by atoms with van der Waals surface area (Å²) >= 11 is 0. The number of carbonyl (C=O) groups is 1. The van der Waals surface area contributed by atoms with Crippen LogP contribution in [0.3, 0.4) is 0 Å². The number of nitrogens with one attached hydrogen (secondary N) is 1. The molecule has 1 aliphatic heterocycles. The molecule has 0 bridgehead atoms. The van der Waals surface area contributed by atoms with E-state index < -0.39 is 17.8 Å². The minimum atomic E-state index is -4.45. The fraction of sp³-hybridized carbons (Fsp3) is 0.429. The molecule has 0 saturated carbocycles. The molecular weight excluding hydrogens is 325 g/mol. The van der Waals surface area contributed by atoms with Crippen LogP contribution in [0.2, 0.25) is 0 Å². The maximum atomic E-state index is 12.7. The number of hydrogen-bond acceptors (Lipinski definition) is 5. The van der Waals surface area contributed by atoms with Crippen molar-refractivity contribution < 1.29 is 18.0 Å². The van der Waals surface area contributed by atoms with Crippen LogP contribution in [0.1, 0.15) is 28.4 Å². The minimum Gasteiger partial charge on any atom is -0.382 e. The Labute approximate surface area is 135 Å². The highest BCUT2D eigenvalue weighted by atomic mass is 19.4. The number of nitrogens with zero attached hydrogens (tertiary/aromatic N) is 4. The second kappa shape index (κ2) is 6.10. The van der Waals surface area contributed by atoms with Crippen LogP contribution in [0.5, 0.6) is 0 Å². The maximum absolute atomic E-state index is 12.7. The molecule has 1 amide bonds. The van der Waals surface area contributed by atoms with Gasteiger partial charge in [-0.1, -0.05) is 0 Å². The summed E-state index contributed by atoms with van der Waals surface area (Å²) in [5.41, 5.74) is 4.74. The lowest BCUT2D eigenvalue weighted by molar-refractivity contribution is -0.141. The molecule has 0 fully saturated rings. The number of fused-ring (bicyclic) bond motifs is 1. The van der Waals surface area contributed by atoms with E-state index in [9.17, 15) is 18.0 Å². The van der Waals surface area contributed by atoms with Crippen molar-refractivity contribution in [3.05, 3.63) is 35.8 Å². The summed E-state index contributed by atoms with van der Waals surface area (Å²) < 4.78 is 39.6. The van der Waals surface area contributed by atoms with Crippen LogP contribution in [0, 0.1) is 5.92 Å². The molecule has 10 heteroatoms. The van der Waals surface area contributed by atoms with Gasteiger partial charge in [0.15, 0.2) is 17.2 Å². The zero-order valence-corrected chi connectivity index (χ0v) is 12.5. The van der Waals surface area contributed by atoms with Gasteiger partial charge in [-0.3, -0.25) is 4.79 Å².